The van der Waals surface area contributed by atoms with Gasteiger partial charge in [-0.3, -0.25) is 4.79 Å². The number of esters is 1. The summed E-state index contributed by atoms with van der Waals surface area (Å²) < 4.78 is 9.76. The predicted octanol–water partition coefficient (Wildman–Crippen LogP) is 1.81. The van der Waals surface area contributed by atoms with Crippen LogP contribution in [0.4, 0.5) is 4.79 Å². The first-order valence-electron chi connectivity index (χ1n) is 8.44. The van der Waals surface area contributed by atoms with Crippen LogP contribution in [0.1, 0.15) is 11.1 Å². The smallest absolute Gasteiger partial charge is 0.407 e. The summed E-state index contributed by atoms with van der Waals surface area (Å²) in [5.41, 5.74) is 1.72. The van der Waals surface area contributed by atoms with Gasteiger partial charge in [-0.2, -0.15) is 0 Å². The third-order valence-corrected chi connectivity index (χ3v) is 3.71. The van der Waals surface area contributed by atoms with Crippen LogP contribution in [0.3, 0.4) is 0 Å². The second-order valence-corrected chi connectivity index (χ2v) is 5.75. The van der Waals surface area contributed by atoms with E-state index in [4.69, 9.17) is 9.47 Å². The summed E-state index contributed by atoms with van der Waals surface area (Å²) in [5.74, 6) is -1.07. The Morgan fingerprint density at radius 2 is 1.52 bits per heavy atom. The number of rotatable bonds is 8. The summed E-state index contributed by atoms with van der Waals surface area (Å²) in [6.45, 7) is -0.205. The van der Waals surface area contributed by atoms with Crippen LogP contribution in [0, 0.1) is 0 Å². The van der Waals surface area contributed by atoms with Gasteiger partial charge in [0.15, 0.2) is 0 Å². The van der Waals surface area contributed by atoms with Gasteiger partial charge in [-0.1, -0.05) is 60.7 Å². The summed E-state index contributed by atoms with van der Waals surface area (Å²) in [7, 11) is 1.26. The molecule has 7 heteroatoms. The van der Waals surface area contributed by atoms with E-state index in [2.05, 4.69) is 10.6 Å². The summed E-state index contributed by atoms with van der Waals surface area (Å²) in [6, 6.07) is 17.6. The molecule has 2 rings (SSSR count). The first kappa shape index (κ1) is 20.0. The second kappa shape index (κ2) is 10.6. The average molecular weight is 370 g/mol. The number of amides is 2. The first-order valence-corrected chi connectivity index (χ1v) is 8.44. The van der Waals surface area contributed by atoms with E-state index in [1.807, 2.05) is 60.7 Å². The Morgan fingerprint density at radius 3 is 2.11 bits per heavy atom. The van der Waals surface area contributed by atoms with Gasteiger partial charge in [0, 0.05) is 6.42 Å². The Labute approximate surface area is 157 Å². The third kappa shape index (κ3) is 7.19. The molecule has 0 aliphatic rings. The number of hydrogen-bond donors (Lipinski definition) is 2. The molecule has 1 atom stereocenters. The van der Waals surface area contributed by atoms with E-state index in [-0.39, 0.29) is 19.6 Å². The molecule has 2 aromatic rings. The number of alkyl carbamates (subject to hydrolysis) is 1. The van der Waals surface area contributed by atoms with Crippen molar-refractivity contribution in [1.82, 2.24) is 10.6 Å². The van der Waals surface area contributed by atoms with Crippen molar-refractivity contribution in [1.29, 1.82) is 0 Å². The van der Waals surface area contributed by atoms with Gasteiger partial charge in [0.2, 0.25) is 5.91 Å². The van der Waals surface area contributed by atoms with Crippen LogP contribution in [0.2, 0.25) is 0 Å². The van der Waals surface area contributed by atoms with E-state index in [0.29, 0.717) is 0 Å². The number of ether oxygens (including phenoxy) is 2. The van der Waals surface area contributed by atoms with Crippen LogP contribution in [0.5, 0.6) is 0 Å². The maximum Gasteiger partial charge on any atom is 0.407 e. The standard InChI is InChI=1S/C20H22N2O5/c1-26-19(24)17(12-15-8-4-2-5-9-15)22-18(23)13-21-20(25)27-14-16-10-6-3-7-11-16/h2-11,17H,12-14H2,1H3,(H,21,25)(H,22,23)/t17-/m0/s1. The molecule has 0 spiro atoms. The van der Waals surface area contributed by atoms with Crippen LogP contribution in [-0.2, 0) is 32.1 Å². The van der Waals surface area contributed by atoms with Gasteiger partial charge >= 0.3 is 12.1 Å². The molecule has 0 fully saturated rings. The number of hydrogen-bond acceptors (Lipinski definition) is 5. The minimum Gasteiger partial charge on any atom is -0.467 e. The molecule has 0 aromatic heterocycles. The fraction of sp³-hybridized carbons (Fsp3) is 0.250. The number of benzene rings is 2. The third-order valence-electron chi connectivity index (χ3n) is 3.71. The molecule has 0 unspecified atom stereocenters. The molecular formula is C20H22N2O5. The molecule has 0 aliphatic heterocycles. The van der Waals surface area contributed by atoms with Gasteiger partial charge in [0.1, 0.15) is 19.2 Å². The van der Waals surface area contributed by atoms with Gasteiger partial charge in [-0.05, 0) is 11.1 Å². The highest BCUT2D eigenvalue weighted by molar-refractivity contribution is 5.87. The van der Waals surface area contributed by atoms with E-state index in [1.54, 1.807) is 0 Å². The molecule has 0 aliphatic carbocycles. The molecule has 27 heavy (non-hydrogen) atoms. The van der Waals surface area contributed by atoms with Gasteiger partial charge < -0.3 is 20.1 Å². The zero-order chi connectivity index (χ0) is 19.5. The minimum absolute atomic E-state index is 0.104. The fourth-order valence-corrected chi connectivity index (χ4v) is 2.36. The molecule has 7 nitrogen and oxygen atoms in total. The van der Waals surface area contributed by atoms with E-state index in [9.17, 15) is 14.4 Å². The van der Waals surface area contributed by atoms with E-state index < -0.39 is 24.0 Å². The van der Waals surface area contributed by atoms with Gasteiger partial charge in [-0.25, -0.2) is 9.59 Å². The lowest BCUT2D eigenvalue weighted by molar-refractivity contribution is -0.144. The van der Waals surface area contributed by atoms with Crippen molar-refractivity contribution in [3.63, 3.8) is 0 Å². The quantitative estimate of drug-likeness (QED) is 0.691. The zero-order valence-corrected chi connectivity index (χ0v) is 15.0. The molecule has 0 saturated heterocycles. The second-order valence-electron chi connectivity index (χ2n) is 5.75. The molecule has 0 saturated carbocycles. The lowest BCUT2D eigenvalue weighted by Gasteiger charge is -2.17. The molecular weight excluding hydrogens is 348 g/mol. The number of nitrogens with one attached hydrogen (secondary N) is 2. The molecule has 2 N–H and O–H groups in total. The SMILES string of the molecule is COC(=O)[C@H](Cc1ccccc1)NC(=O)CNC(=O)OCc1ccccc1. The monoisotopic (exact) mass is 370 g/mol. The van der Waals surface area contributed by atoms with Crippen molar-refractivity contribution in [3.8, 4) is 0 Å². The summed E-state index contributed by atoms with van der Waals surface area (Å²) in [6.07, 6.45) is -0.427. The molecule has 142 valence electrons. The minimum atomic E-state index is -0.841. The Hall–Kier alpha value is -3.35. The Kier molecular flexibility index (Phi) is 7.84. The van der Waals surface area contributed by atoms with Crippen LogP contribution >= 0.6 is 0 Å². The number of methoxy groups -OCH3 is 1. The lowest BCUT2D eigenvalue weighted by Crippen LogP contribution is -2.47. The van der Waals surface area contributed by atoms with E-state index >= 15 is 0 Å². The van der Waals surface area contributed by atoms with Crippen molar-refractivity contribution in [3.05, 3.63) is 71.8 Å². The van der Waals surface area contributed by atoms with Gasteiger partial charge in [0.25, 0.3) is 0 Å². The Morgan fingerprint density at radius 1 is 0.926 bits per heavy atom. The molecule has 0 radical (unpaired) electrons. The highest BCUT2D eigenvalue weighted by Gasteiger charge is 2.22. The maximum atomic E-state index is 12.1. The van der Waals surface area contributed by atoms with Crippen LogP contribution in [0.15, 0.2) is 60.7 Å². The van der Waals surface area contributed by atoms with Gasteiger partial charge in [-0.15, -0.1) is 0 Å². The average Bonchev–Trinajstić information content (AvgIpc) is 2.71. The van der Waals surface area contributed by atoms with E-state index in [0.717, 1.165) is 11.1 Å². The normalized spacial score (nSPS) is 11.1. The van der Waals surface area contributed by atoms with Crippen LogP contribution in [0.25, 0.3) is 0 Å². The topological polar surface area (TPSA) is 93.7 Å². The van der Waals surface area contributed by atoms with Crippen molar-refractivity contribution >= 4 is 18.0 Å². The predicted molar refractivity (Wildman–Crippen MR) is 98.7 cm³/mol. The maximum absolute atomic E-state index is 12.1. The van der Waals surface area contributed by atoms with Crippen molar-refractivity contribution in [2.24, 2.45) is 0 Å². The summed E-state index contributed by atoms with van der Waals surface area (Å²) >= 11 is 0. The van der Waals surface area contributed by atoms with Crippen molar-refractivity contribution < 1.29 is 23.9 Å². The fourth-order valence-electron chi connectivity index (χ4n) is 2.36. The highest BCUT2D eigenvalue weighted by Crippen LogP contribution is 2.04. The van der Waals surface area contributed by atoms with E-state index in [1.165, 1.54) is 7.11 Å². The first-order chi connectivity index (χ1) is 13.1. The number of carbonyl (C=O) groups excluding carboxylic acids is 3. The Balaban J connectivity index is 1.79. The van der Waals surface area contributed by atoms with Crippen molar-refractivity contribution in [2.75, 3.05) is 13.7 Å². The highest BCUT2D eigenvalue weighted by atomic mass is 16.5. The van der Waals surface area contributed by atoms with Crippen LogP contribution < -0.4 is 10.6 Å². The summed E-state index contributed by atoms with van der Waals surface area (Å²) in [4.78, 5) is 35.6. The van der Waals surface area contributed by atoms with Gasteiger partial charge in [0.05, 0.1) is 7.11 Å². The zero-order valence-electron chi connectivity index (χ0n) is 15.0. The van der Waals surface area contributed by atoms with Crippen LogP contribution in [-0.4, -0.2) is 37.7 Å². The Bertz CT molecular complexity index is 749. The molecule has 2 amide bonds. The molecule has 0 heterocycles. The number of carbonyl (C=O) groups is 3. The largest absolute Gasteiger partial charge is 0.467 e. The lowest BCUT2D eigenvalue weighted by atomic mass is 10.1. The molecule has 0 bridgehead atoms. The van der Waals surface area contributed by atoms with Crippen molar-refractivity contribution in [2.45, 2.75) is 19.1 Å². The summed E-state index contributed by atoms with van der Waals surface area (Å²) in [5, 5.41) is 4.92. The molecule has 2 aromatic carbocycles.